The van der Waals surface area contributed by atoms with Crippen LogP contribution in [-0.2, 0) is 0 Å². The van der Waals surface area contributed by atoms with Gasteiger partial charge in [-0.25, -0.2) is 4.98 Å². The lowest BCUT2D eigenvalue weighted by molar-refractivity contribution is 0.891. The van der Waals surface area contributed by atoms with Crippen molar-refractivity contribution in [2.45, 2.75) is 20.8 Å². The van der Waals surface area contributed by atoms with Gasteiger partial charge in [0.05, 0.1) is 5.52 Å². The lowest BCUT2D eigenvalue weighted by atomic mass is 9.97. The van der Waals surface area contributed by atoms with Gasteiger partial charge < -0.3 is 0 Å². The number of para-hydroxylation sites is 1. The van der Waals surface area contributed by atoms with E-state index in [0.717, 1.165) is 38.9 Å². The minimum absolute atomic E-state index is 0.584. The Morgan fingerprint density at radius 2 is 1.50 bits per heavy atom. The third-order valence-corrected chi connectivity index (χ3v) is 7.32. The van der Waals surface area contributed by atoms with Crippen LogP contribution in [0.3, 0.4) is 0 Å². The molecule has 0 aliphatic carbocycles. The van der Waals surface area contributed by atoms with Crippen molar-refractivity contribution in [2.24, 2.45) is 0 Å². The molecular weight excluding hydrogens is 488 g/mol. The Morgan fingerprint density at radius 1 is 0.775 bits per heavy atom. The lowest BCUT2D eigenvalue weighted by Crippen LogP contribution is -2.09. The van der Waals surface area contributed by atoms with Crippen LogP contribution < -0.4 is 0 Å². The van der Waals surface area contributed by atoms with Crippen LogP contribution in [0.1, 0.15) is 30.9 Å². The molecule has 4 nitrogen and oxygen atoms in total. The first kappa shape index (κ1) is 25.2. The highest BCUT2D eigenvalue weighted by molar-refractivity contribution is 5.97. The molecule has 0 unspecified atom stereocenters. The first-order valence-corrected chi connectivity index (χ1v) is 13.5. The Kier molecular flexibility index (Phi) is 6.67. The largest absolute Gasteiger partial charge is 0.282 e. The van der Waals surface area contributed by atoms with Crippen molar-refractivity contribution < 1.29 is 0 Å². The Bertz CT molecular complexity index is 1950. The highest BCUT2D eigenvalue weighted by Crippen LogP contribution is 2.33. The number of hydrogen-bond acceptors (Lipinski definition) is 3. The van der Waals surface area contributed by atoms with E-state index in [-0.39, 0.29) is 0 Å². The van der Waals surface area contributed by atoms with E-state index in [0.29, 0.717) is 17.6 Å². The summed E-state index contributed by atoms with van der Waals surface area (Å²) >= 11 is 0. The van der Waals surface area contributed by atoms with E-state index in [2.05, 4.69) is 96.9 Å². The molecule has 0 aliphatic rings. The van der Waals surface area contributed by atoms with Crippen LogP contribution in [0.4, 0.5) is 0 Å². The maximum Gasteiger partial charge on any atom is 0.238 e. The summed E-state index contributed by atoms with van der Waals surface area (Å²) in [5.74, 6) is 1.85. The average molecular weight is 519 g/mol. The zero-order valence-electron chi connectivity index (χ0n) is 23.0. The molecule has 194 valence electrons. The first-order chi connectivity index (χ1) is 19.6. The molecule has 0 saturated carbocycles. The summed E-state index contributed by atoms with van der Waals surface area (Å²) in [6, 6.07) is 31.7. The van der Waals surface area contributed by atoms with Gasteiger partial charge in [-0.1, -0.05) is 110 Å². The average Bonchev–Trinajstić information content (AvgIpc) is 3.30. The van der Waals surface area contributed by atoms with Crippen molar-refractivity contribution >= 4 is 33.3 Å². The Hall–Kier alpha value is -5.09. The minimum Gasteiger partial charge on any atom is -0.282 e. The van der Waals surface area contributed by atoms with Crippen molar-refractivity contribution in [3.05, 3.63) is 133 Å². The maximum atomic E-state index is 5.06. The van der Waals surface area contributed by atoms with Crippen molar-refractivity contribution in [1.29, 1.82) is 0 Å². The minimum atomic E-state index is 0.584. The highest BCUT2D eigenvalue weighted by atomic mass is 15.2. The Morgan fingerprint density at radius 3 is 2.30 bits per heavy atom. The molecule has 6 aromatic rings. The Balaban J connectivity index is 1.59. The monoisotopic (exact) mass is 518 g/mol. The zero-order chi connectivity index (χ0) is 27.6. The molecule has 2 heterocycles. The molecule has 2 aromatic heterocycles. The van der Waals surface area contributed by atoms with Gasteiger partial charge in [-0.15, -0.1) is 0 Å². The first-order valence-electron chi connectivity index (χ1n) is 13.5. The molecule has 6 rings (SSSR count). The van der Waals surface area contributed by atoms with Crippen molar-refractivity contribution in [3.63, 3.8) is 0 Å². The van der Waals surface area contributed by atoms with Crippen LogP contribution in [0.25, 0.3) is 61.8 Å². The number of allylic oxidation sites excluding steroid dienone is 4. The molecule has 0 N–H and O–H groups in total. The van der Waals surface area contributed by atoms with Crippen LogP contribution in [-0.4, -0.2) is 19.5 Å². The molecule has 4 aromatic carbocycles. The van der Waals surface area contributed by atoms with E-state index in [1.807, 2.05) is 50.3 Å². The predicted octanol–water partition coefficient (Wildman–Crippen LogP) is 9.23. The third kappa shape index (κ3) is 4.34. The third-order valence-electron chi connectivity index (χ3n) is 7.32. The van der Waals surface area contributed by atoms with Gasteiger partial charge in [0.25, 0.3) is 0 Å². The van der Waals surface area contributed by atoms with Crippen LogP contribution in [0, 0.1) is 6.92 Å². The molecule has 0 radical (unpaired) electrons. The fourth-order valence-electron chi connectivity index (χ4n) is 5.41. The van der Waals surface area contributed by atoms with E-state index < -0.39 is 0 Å². The molecule has 0 spiro atoms. The summed E-state index contributed by atoms with van der Waals surface area (Å²) in [7, 11) is 0. The molecule has 0 saturated heterocycles. The number of hydrogen-bond donors (Lipinski definition) is 0. The SMILES string of the molecule is C=Cc1c(C)n(-c2nc(C(/C=C\C)=C/C)nc(-c3cccc(-c4cccc5ccccc45)c3)n2)c2ccccc12. The molecular formula is C36H30N4. The van der Waals surface area contributed by atoms with Crippen molar-refractivity contribution in [3.8, 4) is 28.5 Å². The maximum absolute atomic E-state index is 5.06. The summed E-state index contributed by atoms with van der Waals surface area (Å²) in [5, 5.41) is 3.55. The van der Waals surface area contributed by atoms with E-state index in [9.17, 15) is 0 Å². The highest BCUT2D eigenvalue weighted by Gasteiger charge is 2.18. The normalized spacial score (nSPS) is 12.0. The second-order valence-electron chi connectivity index (χ2n) is 9.69. The van der Waals surface area contributed by atoms with E-state index in [4.69, 9.17) is 15.0 Å². The second kappa shape index (κ2) is 10.6. The number of rotatable bonds is 6. The van der Waals surface area contributed by atoms with Crippen LogP contribution in [0.15, 0.2) is 116 Å². The van der Waals surface area contributed by atoms with Crippen molar-refractivity contribution in [1.82, 2.24) is 19.5 Å². The fraction of sp³-hybridized carbons (Fsp3) is 0.0833. The van der Waals surface area contributed by atoms with Gasteiger partial charge in [0, 0.05) is 27.8 Å². The molecule has 40 heavy (non-hydrogen) atoms. The molecule has 0 amide bonds. The molecule has 0 aliphatic heterocycles. The number of fused-ring (bicyclic) bond motifs is 2. The van der Waals surface area contributed by atoms with Gasteiger partial charge in [0.1, 0.15) is 0 Å². The van der Waals surface area contributed by atoms with E-state index >= 15 is 0 Å². The number of nitrogens with zero attached hydrogens (tertiary/aromatic N) is 4. The van der Waals surface area contributed by atoms with Crippen molar-refractivity contribution in [2.75, 3.05) is 0 Å². The van der Waals surface area contributed by atoms with Gasteiger partial charge >= 0.3 is 0 Å². The van der Waals surface area contributed by atoms with Gasteiger partial charge in [-0.05, 0) is 54.8 Å². The lowest BCUT2D eigenvalue weighted by Gasteiger charge is -2.13. The summed E-state index contributed by atoms with van der Waals surface area (Å²) in [5.41, 5.74) is 7.33. The summed E-state index contributed by atoms with van der Waals surface area (Å²) < 4.78 is 2.11. The van der Waals surface area contributed by atoms with Gasteiger partial charge in [0.15, 0.2) is 11.6 Å². The standard InChI is InChI=1S/C36H30N4/c1-5-14-25(6-2)34-37-35(39-36(38-34)40-24(4)29(7-3)32-20-10-11-22-33(32)40)28-18-12-17-27(23-28)31-21-13-16-26-15-8-9-19-30(26)31/h5-23H,3H2,1-2,4H3/b14-5-,25-6+. The van der Waals surface area contributed by atoms with Gasteiger partial charge in [0.2, 0.25) is 5.95 Å². The van der Waals surface area contributed by atoms with Crippen LogP contribution in [0.5, 0.6) is 0 Å². The predicted molar refractivity (Wildman–Crippen MR) is 168 cm³/mol. The van der Waals surface area contributed by atoms with E-state index in [1.165, 1.54) is 16.3 Å². The summed E-state index contributed by atoms with van der Waals surface area (Å²) in [4.78, 5) is 15.0. The second-order valence-corrected chi connectivity index (χ2v) is 9.69. The van der Waals surface area contributed by atoms with Crippen LogP contribution >= 0.6 is 0 Å². The molecule has 0 atom stereocenters. The van der Waals surface area contributed by atoms with Crippen LogP contribution in [0.2, 0.25) is 0 Å². The summed E-state index contributed by atoms with van der Waals surface area (Å²) in [6.07, 6.45) is 7.98. The Labute approximate surface area is 234 Å². The number of benzene rings is 4. The fourth-order valence-corrected chi connectivity index (χ4v) is 5.41. The smallest absolute Gasteiger partial charge is 0.238 e. The van der Waals surface area contributed by atoms with Gasteiger partial charge in [-0.2, -0.15) is 9.97 Å². The molecule has 0 bridgehead atoms. The zero-order valence-corrected chi connectivity index (χ0v) is 23.0. The van der Waals surface area contributed by atoms with Gasteiger partial charge in [-0.3, -0.25) is 4.57 Å². The quantitative estimate of drug-likeness (QED) is 0.206. The topological polar surface area (TPSA) is 43.6 Å². The molecule has 0 fully saturated rings. The molecule has 4 heteroatoms. The number of aromatic nitrogens is 4. The summed E-state index contributed by atoms with van der Waals surface area (Å²) in [6.45, 7) is 10.2. The van der Waals surface area contributed by atoms with E-state index in [1.54, 1.807) is 0 Å².